The first-order chi connectivity index (χ1) is 14.7. The smallest absolute Gasteiger partial charge is 0.256 e. The van der Waals surface area contributed by atoms with Crippen LogP contribution in [-0.2, 0) is 17.9 Å². The Morgan fingerprint density at radius 2 is 2.33 bits per heavy atom. The predicted molar refractivity (Wildman–Crippen MR) is 113 cm³/mol. The summed E-state index contributed by atoms with van der Waals surface area (Å²) >= 11 is 1.47. The van der Waals surface area contributed by atoms with E-state index in [0.29, 0.717) is 29.4 Å². The number of amides is 2. The number of carbonyl (C=O) groups is 2. The molecular weight excluding hydrogens is 402 g/mol. The fraction of sp³-hybridized carbons (Fsp3) is 0.238. The van der Waals surface area contributed by atoms with Gasteiger partial charge in [-0.25, -0.2) is 9.97 Å². The van der Waals surface area contributed by atoms with E-state index < -0.39 is 0 Å². The van der Waals surface area contributed by atoms with Gasteiger partial charge in [0.25, 0.3) is 5.91 Å². The lowest BCUT2D eigenvalue weighted by Gasteiger charge is -2.29. The van der Waals surface area contributed by atoms with E-state index in [-0.39, 0.29) is 31.4 Å². The number of hydrogen-bond donors (Lipinski definition) is 1. The van der Waals surface area contributed by atoms with Gasteiger partial charge in [-0.3, -0.25) is 9.59 Å². The standard InChI is InChI=1S/C21H19N5O3S/c1-2-3-6-25(12-17-5-4-7-29-17)21(28)15-8-18-20(22-9-15)23-10-19(27)26(18)11-16-13-30-14-24-16/h4-5,7-9,13-14H,6,10-12H2,1H3,(H,22,23). The summed E-state index contributed by atoms with van der Waals surface area (Å²) in [5, 5.41) is 4.90. The Morgan fingerprint density at radius 1 is 1.43 bits per heavy atom. The van der Waals surface area contributed by atoms with Gasteiger partial charge in [0, 0.05) is 11.6 Å². The number of anilines is 2. The molecule has 2 amide bonds. The van der Waals surface area contributed by atoms with Gasteiger partial charge in [-0.15, -0.1) is 17.3 Å². The van der Waals surface area contributed by atoms with Crippen LogP contribution < -0.4 is 10.2 Å². The van der Waals surface area contributed by atoms with E-state index in [4.69, 9.17) is 4.42 Å². The number of nitrogens with one attached hydrogen (secondary N) is 1. The van der Waals surface area contributed by atoms with Crippen molar-refractivity contribution in [2.75, 3.05) is 23.3 Å². The lowest BCUT2D eigenvalue weighted by atomic mass is 10.1. The summed E-state index contributed by atoms with van der Waals surface area (Å²) in [6.45, 7) is 2.75. The van der Waals surface area contributed by atoms with Crippen molar-refractivity contribution in [3.05, 3.63) is 58.6 Å². The first-order valence-electron chi connectivity index (χ1n) is 9.28. The molecule has 0 bridgehead atoms. The second kappa shape index (κ2) is 8.80. The molecular formula is C21H19N5O3S. The topological polar surface area (TPSA) is 91.6 Å². The van der Waals surface area contributed by atoms with Gasteiger partial charge >= 0.3 is 0 Å². The van der Waals surface area contributed by atoms with Crippen molar-refractivity contribution in [1.82, 2.24) is 14.9 Å². The molecule has 8 nitrogen and oxygen atoms in total. The number of furan rings is 1. The van der Waals surface area contributed by atoms with Gasteiger partial charge in [0.15, 0.2) is 5.82 Å². The summed E-state index contributed by atoms with van der Waals surface area (Å²) in [4.78, 5) is 37.6. The summed E-state index contributed by atoms with van der Waals surface area (Å²) in [6, 6.07) is 5.27. The fourth-order valence-corrected chi connectivity index (χ4v) is 3.65. The van der Waals surface area contributed by atoms with E-state index in [1.54, 1.807) is 40.6 Å². The maximum atomic E-state index is 13.2. The van der Waals surface area contributed by atoms with Crippen molar-refractivity contribution in [1.29, 1.82) is 0 Å². The van der Waals surface area contributed by atoms with Crippen LogP contribution in [0.2, 0.25) is 0 Å². The SMILES string of the molecule is CC#CCN(Cc1ccco1)C(=O)c1cnc2c(c1)N(Cc1cscn1)C(=O)CN2. The van der Waals surface area contributed by atoms with Crippen LogP contribution in [0.1, 0.15) is 28.7 Å². The molecule has 0 fully saturated rings. The molecule has 30 heavy (non-hydrogen) atoms. The minimum atomic E-state index is -0.240. The number of nitrogens with zero attached hydrogens (tertiary/aromatic N) is 4. The predicted octanol–water partition coefficient (Wildman–Crippen LogP) is 2.76. The summed E-state index contributed by atoms with van der Waals surface area (Å²) in [5.41, 5.74) is 3.45. The van der Waals surface area contributed by atoms with Crippen LogP contribution >= 0.6 is 11.3 Å². The minimum absolute atomic E-state index is 0.105. The third-order valence-corrected chi connectivity index (χ3v) is 5.21. The lowest BCUT2D eigenvalue weighted by Crippen LogP contribution is -2.40. The van der Waals surface area contributed by atoms with Crippen LogP contribution in [0, 0.1) is 11.8 Å². The maximum Gasteiger partial charge on any atom is 0.256 e. The molecule has 0 atom stereocenters. The summed E-state index contributed by atoms with van der Waals surface area (Å²) in [7, 11) is 0. The molecule has 4 rings (SSSR count). The average Bonchev–Trinajstić information content (AvgIpc) is 3.46. The quantitative estimate of drug-likeness (QED) is 0.616. The molecule has 0 aliphatic carbocycles. The molecule has 0 unspecified atom stereocenters. The number of rotatable bonds is 6. The molecule has 1 N–H and O–H groups in total. The maximum absolute atomic E-state index is 13.2. The number of hydrogen-bond acceptors (Lipinski definition) is 7. The van der Waals surface area contributed by atoms with Crippen LogP contribution in [0.3, 0.4) is 0 Å². The third-order valence-electron chi connectivity index (χ3n) is 4.58. The Kier molecular flexibility index (Phi) is 5.77. The van der Waals surface area contributed by atoms with Crippen LogP contribution in [0.5, 0.6) is 0 Å². The molecule has 1 aliphatic rings. The second-order valence-electron chi connectivity index (χ2n) is 6.57. The van der Waals surface area contributed by atoms with Gasteiger partial charge in [0.2, 0.25) is 5.91 Å². The number of fused-ring (bicyclic) bond motifs is 1. The number of carbonyl (C=O) groups excluding carboxylic acids is 2. The van der Waals surface area contributed by atoms with E-state index in [1.165, 1.54) is 17.5 Å². The monoisotopic (exact) mass is 421 g/mol. The van der Waals surface area contributed by atoms with Crippen molar-refractivity contribution in [2.45, 2.75) is 20.0 Å². The van der Waals surface area contributed by atoms with Crippen molar-refractivity contribution >= 4 is 34.7 Å². The molecule has 3 aromatic rings. The van der Waals surface area contributed by atoms with Crippen LogP contribution in [0.15, 0.2) is 46.0 Å². The Labute approximate surface area is 177 Å². The van der Waals surface area contributed by atoms with Crippen molar-refractivity contribution in [3.63, 3.8) is 0 Å². The molecule has 0 spiro atoms. The molecule has 0 aromatic carbocycles. The molecule has 3 aromatic heterocycles. The van der Waals surface area contributed by atoms with Crippen molar-refractivity contribution < 1.29 is 14.0 Å². The zero-order valence-corrected chi connectivity index (χ0v) is 17.1. The van der Waals surface area contributed by atoms with Crippen LogP contribution in [0.4, 0.5) is 11.5 Å². The summed E-state index contributed by atoms with van der Waals surface area (Å²) in [5.74, 6) is 6.62. The first-order valence-corrected chi connectivity index (χ1v) is 10.2. The van der Waals surface area contributed by atoms with E-state index in [1.807, 2.05) is 11.4 Å². The zero-order chi connectivity index (χ0) is 20.9. The lowest BCUT2D eigenvalue weighted by molar-refractivity contribution is -0.117. The average molecular weight is 421 g/mol. The highest BCUT2D eigenvalue weighted by Crippen LogP contribution is 2.30. The molecule has 0 radical (unpaired) electrons. The Bertz CT molecular complexity index is 1100. The molecule has 152 valence electrons. The first kappa shape index (κ1) is 19.7. The molecule has 1 aliphatic heterocycles. The Morgan fingerprint density at radius 3 is 3.07 bits per heavy atom. The van der Waals surface area contributed by atoms with Gasteiger partial charge in [0.1, 0.15) is 5.76 Å². The third kappa shape index (κ3) is 4.18. The largest absolute Gasteiger partial charge is 0.467 e. The molecule has 0 saturated carbocycles. The Hall–Kier alpha value is -3.64. The fourth-order valence-electron chi connectivity index (χ4n) is 3.10. The molecule has 9 heteroatoms. The van der Waals surface area contributed by atoms with E-state index in [9.17, 15) is 9.59 Å². The van der Waals surface area contributed by atoms with E-state index in [0.717, 1.165) is 5.69 Å². The number of pyridine rings is 1. The minimum Gasteiger partial charge on any atom is -0.467 e. The zero-order valence-electron chi connectivity index (χ0n) is 16.3. The molecule has 4 heterocycles. The van der Waals surface area contributed by atoms with Gasteiger partial charge in [-0.1, -0.05) is 5.92 Å². The highest BCUT2D eigenvalue weighted by molar-refractivity contribution is 7.07. The highest BCUT2D eigenvalue weighted by atomic mass is 32.1. The summed E-state index contributed by atoms with van der Waals surface area (Å²) < 4.78 is 5.38. The van der Waals surface area contributed by atoms with Crippen molar-refractivity contribution in [2.24, 2.45) is 0 Å². The van der Waals surface area contributed by atoms with Gasteiger partial charge in [0.05, 0.1) is 54.9 Å². The highest BCUT2D eigenvalue weighted by Gasteiger charge is 2.27. The molecule has 0 saturated heterocycles. The van der Waals surface area contributed by atoms with Crippen molar-refractivity contribution in [3.8, 4) is 11.8 Å². The van der Waals surface area contributed by atoms with Gasteiger partial charge < -0.3 is 19.5 Å². The number of aromatic nitrogens is 2. The normalized spacial score (nSPS) is 12.6. The van der Waals surface area contributed by atoms with Gasteiger partial charge in [-0.05, 0) is 25.1 Å². The summed E-state index contributed by atoms with van der Waals surface area (Å²) in [6.07, 6.45) is 3.08. The van der Waals surface area contributed by atoms with Crippen LogP contribution in [-0.4, -0.2) is 39.8 Å². The van der Waals surface area contributed by atoms with Gasteiger partial charge in [-0.2, -0.15) is 0 Å². The van der Waals surface area contributed by atoms with E-state index in [2.05, 4.69) is 27.1 Å². The second-order valence-corrected chi connectivity index (χ2v) is 7.29. The Balaban J connectivity index is 1.63. The van der Waals surface area contributed by atoms with Crippen LogP contribution in [0.25, 0.3) is 0 Å². The van der Waals surface area contributed by atoms with E-state index >= 15 is 0 Å². The number of thiazole rings is 1.